The quantitative estimate of drug-likeness (QED) is 0.700. The molecule has 0 radical (unpaired) electrons. The van der Waals surface area contributed by atoms with Gasteiger partial charge in [-0.05, 0) is 54.5 Å². The van der Waals surface area contributed by atoms with Gasteiger partial charge >= 0.3 is 0 Å². The molecule has 29 heavy (non-hydrogen) atoms. The van der Waals surface area contributed by atoms with Crippen LogP contribution in [-0.2, 0) is 0 Å². The van der Waals surface area contributed by atoms with Crippen molar-refractivity contribution in [3.8, 4) is 0 Å². The lowest BCUT2D eigenvalue weighted by Crippen LogP contribution is -2.60. The highest BCUT2D eigenvalue weighted by Crippen LogP contribution is 2.46. The van der Waals surface area contributed by atoms with Crippen LogP contribution < -0.4 is 10.6 Å². The van der Waals surface area contributed by atoms with Crippen LogP contribution in [0.2, 0.25) is 0 Å². The van der Waals surface area contributed by atoms with Gasteiger partial charge in [-0.15, -0.1) is 0 Å². The van der Waals surface area contributed by atoms with Crippen molar-refractivity contribution in [3.05, 3.63) is 65.7 Å². The maximum absolute atomic E-state index is 12.8. The third-order valence-electron chi connectivity index (χ3n) is 6.23. The monoisotopic (exact) mass is 391 g/mol. The average Bonchev–Trinajstić information content (AvgIpc) is 3.19. The van der Waals surface area contributed by atoms with E-state index in [0.29, 0.717) is 23.6 Å². The fraction of sp³-hybridized carbons (Fsp3) is 0.364. The Bertz CT molecular complexity index is 1070. The summed E-state index contributed by atoms with van der Waals surface area (Å²) in [6.07, 6.45) is 7.65. The molecule has 0 aliphatic heterocycles. The van der Waals surface area contributed by atoms with Gasteiger partial charge in [0.2, 0.25) is 0 Å². The van der Waals surface area contributed by atoms with E-state index < -0.39 is 0 Å². The summed E-state index contributed by atoms with van der Waals surface area (Å²) in [6.45, 7) is 6.73. The fourth-order valence-corrected chi connectivity index (χ4v) is 4.03. The molecular formula is C22H25N5O2. The maximum Gasteiger partial charge on any atom is 0.253 e. The molecule has 1 fully saturated rings. The van der Waals surface area contributed by atoms with Crippen molar-refractivity contribution in [3.63, 3.8) is 0 Å². The van der Waals surface area contributed by atoms with Gasteiger partial charge in [0.15, 0.2) is 0 Å². The van der Waals surface area contributed by atoms with Crippen molar-refractivity contribution in [2.75, 3.05) is 6.54 Å². The van der Waals surface area contributed by atoms with Crippen LogP contribution in [0.5, 0.6) is 0 Å². The Morgan fingerprint density at radius 1 is 1.17 bits per heavy atom. The van der Waals surface area contributed by atoms with E-state index in [1.54, 1.807) is 29.2 Å². The molecule has 7 heteroatoms. The number of amides is 2. The number of nitrogens with zero attached hydrogens (tertiary/aromatic N) is 3. The summed E-state index contributed by atoms with van der Waals surface area (Å²) in [6, 6.07) is 7.26. The summed E-state index contributed by atoms with van der Waals surface area (Å²) in [5, 5.41) is 10.4. The number of fused-ring (bicyclic) bond motifs is 1. The van der Waals surface area contributed by atoms with Gasteiger partial charge < -0.3 is 10.6 Å². The molecule has 2 atom stereocenters. The highest BCUT2D eigenvalue weighted by molar-refractivity contribution is 6.01. The van der Waals surface area contributed by atoms with Crippen molar-refractivity contribution in [2.45, 2.75) is 33.2 Å². The minimum absolute atomic E-state index is 0.0581. The largest absolute Gasteiger partial charge is 0.352 e. The molecule has 2 unspecified atom stereocenters. The molecule has 0 aromatic carbocycles. The zero-order chi connectivity index (χ0) is 20.6. The second-order valence-electron chi connectivity index (χ2n) is 8.26. The van der Waals surface area contributed by atoms with E-state index >= 15 is 0 Å². The first-order valence-corrected chi connectivity index (χ1v) is 9.80. The highest BCUT2D eigenvalue weighted by atomic mass is 16.2. The number of hydrogen-bond acceptors (Lipinski definition) is 4. The molecule has 3 aromatic rings. The molecule has 1 aliphatic carbocycles. The van der Waals surface area contributed by atoms with Crippen molar-refractivity contribution in [1.82, 2.24) is 25.2 Å². The number of nitrogens with one attached hydrogen (secondary N) is 2. The number of carbonyl (C=O) groups excluding carboxylic acids is 2. The molecule has 3 aromatic heterocycles. The second-order valence-corrected chi connectivity index (χ2v) is 8.26. The first-order valence-electron chi connectivity index (χ1n) is 9.80. The Kier molecular flexibility index (Phi) is 4.82. The van der Waals surface area contributed by atoms with E-state index in [4.69, 9.17) is 0 Å². The van der Waals surface area contributed by atoms with Crippen LogP contribution >= 0.6 is 0 Å². The average molecular weight is 391 g/mol. The molecule has 2 amide bonds. The first-order chi connectivity index (χ1) is 13.9. The second kappa shape index (κ2) is 7.31. The van der Waals surface area contributed by atoms with Gasteiger partial charge in [-0.3, -0.25) is 14.6 Å². The maximum atomic E-state index is 12.8. The molecule has 7 nitrogen and oxygen atoms in total. The molecule has 150 valence electrons. The minimum atomic E-state index is -0.110. The number of rotatable bonds is 5. The lowest BCUT2D eigenvalue weighted by atomic mass is 9.58. The van der Waals surface area contributed by atoms with Gasteiger partial charge in [-0.2, -0.15) is 5.10 Å². The smallest absolute Gasteiger partial charge is 0.253 e. The predicted octanol–water partition coefficient (Wildman–Crippen LogP) is 2.61. The number of pyridine rings is 2. The van der Waals surface area contributed by atoms with Crippen LogP contribution in [0.15, 0.2) is 49.1 Å². The zero-order valence-corrected chi connectivity index (χ0v) is 16.8. The summed E-state index contributed by atoms with van der Waals surface area (Å²) in [7, 11) is 0. The fourth-order valence-electron chi connectivity index (χ4n) is 4.03. The van der Waals surface area contributed by atoms with Gasteiger partial charge in [0, 0.05) is 36.7 Å². The molecule has 1 saturated carbocycles. The van der Waals surface area contributed by atoms with E-state index in [-0.39, 0.29) is 23.3 Å². The summed E-state index contributed by atoms with van der Waals surface area (Å²) in [4.78, 5) is 29.3. The number of carbonyl (C=O) groups is 2. The third kappa shape index (κ3) is 3.48. The lowest BCUT2D eigenvalue weighted by molar-refractivity contribution is 0.0150. The molecule has 1 aliphatic rings. The van der Waals surface area contributed by atoms with Gasteiger partial charge in [-0.25, -0.2) is 4.52 Å². The number of aromatic nitrogens is 3. The zero-order valence-electron chi connectivity index (χ0n) is 16.8. The predicted molar refractivity (Wildman–Crippen MR) is 110 cm³/mol. The number of hydrogen-bond donors (Lipinski definition) is 2. The Labute approximate surface area is 169 Å². The van der Waals surface area contributed by atoms with Gasteiger partial charge in [0.25, 0.3) is 11.8 Å². The summed E-state index contributed by atoms with van der Waals surface area (Å²) in [5.74, 6) is 0.120. The SMILES string of the molecule is Cc1cnccc1C(=O)NCC1CC(NC(=O)c2cccn3nccc23)C1(C)C. The van der Waals surface area contributed by atoms with E-state index in [1.807, 2.05) is 31.3 Å². The molecule has 4 rings (SSSR count). The molecule has 0 bridgehead atoms. The van der Waals surface area contributed by atoms with Crippen molar-refractivity contribution in [2.24, 2.45) is 11.3 Å². The molecular weight excluding hydrogens is 366 g/mol. The Balaban J connectivity index is 1.36. The topological polar surface area (TPSA) is 88.4 Å². The summed E-state index contributed by atoms with van der Waals surface area (Å²) in [5.41, 5.74) is 2.80. The Morgan fingerprint density at radius 3 is 2.76 bits per heavy atom. The van der Waals surface area contributed by atoms with Crippen LogP contribution in [0.3, 0.4) is 0 Å². The van der Waals surface area contributed by atoms with E-state index in [1.165, 1.54) is 0 Å². The normalized spacial score (nSPS) is 20.1. The molecule has 0 spiro atoms. The summed E-state index contributed by atoms with van der Waals surface area (Å²) >= 11 is 0. The van der Waals surface area contributed by atoms with Crippen LogP contribution in [-0.4, -0.2) is 39.0 Å². The third-order valence-corrected chi connectivity index (χ3v) is 6.23. The van der Waals surface area contributed by atoms with Crippen molar-refractivity contribution < 1.29 is 9.59 Å². The van der Waals surface area contributed by atoms with Crippen LogP contribution in [0, 0.1) is 18.3 Å². The van der Waals surface area contributed by atoms with E-state index in [2.05, 4.69) is 34.6 Å². The van der Waals surface area contributed by atoms with E-state index in [9.17, 15) is 9.59 Å². The van der Waals surface area contributed by atoms with Crippen molar-refractivity contribution in [1.29, 1.82) is 0 Å². The van der Waals surface area contributed by atoms with Crippen LogP contribution in [0.1, 0.15) is 46.5 Å². The minimum Gasteiger partial charge on any atom is -0.352 e. The first kappa shape index (κ1) is 19.1. The Morgan fingerprint density at radius 2 is 2.00 bits per heavy atom. The highest BCUT2D eigenvalue weighted by Gasteiger charge is 2.48. The van der Waals surface area contributed by atoms with Gasteiger partial charge in [-0.1, -0.05) is 13.8 Å². The van der Waals surface area contributed by atoms with Crippen LogP contribution in [0.25, 0.3) is 5.52 Å². The van der Waals surface area contributed by atoms with Gasteiger partial charge in [0.05, 0.1) is 17.3 Å². The molecule has 3 heterocycles. The van der Waals surface area contributed by atoms with Crippen molar-refractivity contribution >= 4 is 17.3 Å². The molecule has 2 N–H and O–H groups in total. The van der Waals surface area contributed by atoms with Crippen LogP contribution in [0.4, 0.5) is 0 Å². The molecule has 0 saturated heterocycles. The Hall–Kier alpha value is -3.22. The summed E-state index contributed by atoms with van der Waals surface area (Å²) < 4.78 is 1.69. The lowest BCUT2D eigenvalue weighted by Gasteiger charge is -2.52. The number of aryl methyl sites for hydroxylation is 1. The standard InChI is InChI=1S/C22H25N5O2/c1-14-12-23-8-6-16(14)20(28)24-13-15-11-19(22(15,2)3)26-21(29)17-5-4-10-27-18(17)7-9-25-27/h4-10,12,15,19H,11,13H2,1-3H3,(H,24,28)(H,26,29). The van der Waals surface area contributed by atoms with Gasteiger partial charge in [0.1, 0.15) is 0 Å². The van der Waals surface area contributed by atoms with E-state index in [0.717, 1.165) is 17.5 Å².